The third-order valence-corrected chi connectivity index (χ3v) is 24.6. The van der Waals surface area contributed by atoms with Gasteiger partial charge in [0.05, 0.1) is 98.1 Å². The van der Waals surface area contributed by atoms with E-state index in [1.54, 1.807) is 81.9 Å². The lowest BCUT2D eigenvalue weighted by atomic mass is 9.73. The first-order valence-electron chi connectivity index (χ1n) is 48.2. The molecule has 0 saturated carbocycles. The average Bonchev–Trinajstić information content (AvgIpc) is 1.65. The molecule has 7 atom stereocenters. The lowest BCUT2D eigenvalue weighted by molar-refractivity contribution is -0.127. The molecule has 7 aromatic heterocycles. The maximum Gasteiger partial charge on any atom is 0.410 e. The molecule has 756 valence electrons. The first-order chi connectivity index (χ1) is 68.5. The van der Waals surface area contributed by atoms with Gasteiger partial charge in [0.15, 0.2) is 28.8 Å². The van der Waals surface area contributed by atoms with Gasteiger partial charge in [-0.15, -0.1) is 30.6 Å². The van der Waals surface area contributed by atoms with Crippen LogP contribution in [0, 0.1) is 18.8 Å². The summed E-state index contributed by atoms with van der Waals surface area (Å²) in [5.41, 5.74) is 31.3. The van der Waals surface area contributed by atoms with Crippen LogP contribution in [0.15, 0.2) is 237 Å². The number of benzene rings is 6. The highest BCUT2D eigenvalue weighted by Gasteiger charge is 2.42. The highest BCUT2D eigenvalue weighted by atomic mass is 16.6. The zero-order valence-electron chi connectivity index (χ0n) is 83.5. The van der Waals surface area contributed by atoms with Crippen molar-refractivity contribution in [1.29, 1.82) is 0 Å². The van der Waals surface area contributed by atoms with Crippen LogP contribution in [-0.2, 0) is 110 Å². The third kappa shape index (κ3) is 29.3. The van der Waals surface area contributed by atoms with Crippen LogP contribution < -0.4 is 49.5 Å². The Bertz CT molecular complexity index is 6180. The summed E-state index contributed by atoms with van der Waals surface area (Å²) < 4.78 is 48.4. The van der Waals surface area contributed by atoms with Crippen molar-refractivity contribution < 1.29 is 66.7 Å². The van der Waals surface area contributed by atoms with Crippen molar-refractivity contribution in [3.8, 4) is 11.1 Å². The molecule has 16 rings (SSSR count). The van der Waals surface area contributed by atoms with Gasteiger partial charge < -0.3 is 97.0 Å². The van der Waals surface area contributed by atoms with Crippen molar-refractivity contribution in [2.75, 3.05) is 66.3 Å². The normalized spacial score (nSPS) is 16.1. The van der Waals surface area contributed by atoms with Crippen molar-refractivity contribution in [2.45, 2.75) is 200 Å². The number of fused-ring (bicyclic) bond motifs is 4. The molecule has 0 aliphatic carbocycles. The molecule has 3 aliphatic heterocycles. The molecule has 0 spiro atoms. The van der Waals surface area contributed by atoms with Crippen LogP contribution in [0.25, 0.3) is 27.9 Å². The Morgan fingerprint density at radius 3 is 1.29 bits per heavy atom. The zero-order valence-corrected chi connectivity index (χ0v) is 83.5. The Morgan fingerprint density at radius 1 is 0.441 bits per heavy atom. The number of carbonyl (C=O) groups is 7. The Labute approximate surface area is 833 Å². The van der Waals surface area contributed by atoms with E-state index in [1.165, 1.54) is 7.05 Å². The largest absolute Gasteiger partial charge is 0.449 e. The number of imidazole rings is 1. The first kappa shape index (κ1) is 106. The third-order valence-electron chi connectivity index (χ3n) is 24.6. The number of nitrogens with zero attached hydrogens (tertiary/aromatic N) is 13. The van der Waals surface area contributed by atoms with Gasteiger partial charge >= 0.3 is 18.3 Å². The Kier molecular flexibility index (Phi) is 36.3. The van der Waals surface area contributed by atoms with Gasteiger partial charge in [-0.05, 0) is 163 Å². The smallest absolute Gasteiger partial charge is 0.410 e. The maximum absolute atomic E-state index is 12.8. The molecule has 13 aromatic rings. The summed E-state index contributed by atoms with van der Waals surface area (Å²) in [6.07, 6.45) is 5.74. The summed E-state index contributed by atoms with van der Waals surface area (Å²) in [5, 5.41) is 41.0. The summed E-state index contributed by atoms with van der Waals surface area (Å²) in [4.78, 5) is 96.3. The second kappa shape index (κ2) is 49.0. The van der Waals surface area contributed by atoms with Gasteiger partial charge in [-0.25, -0.2) is 19.4 Å². The number of hydrogen-bond acceptors (Lipinski definition) is 25. The summed E-state index contributed by atoms with van der Waals surface area (Å²) >= 11 is 0. The molecule has 7 amide bonds. The van der Waals surface area contributed by atoms with Crippen LogP contribution in [-0.4, -0.2) is 193 Å². The van der Waals surface area contributed by atoms with Gasteiger partial charge in [0, 0.05) is 63.4 Å². The molecule has 0 radical (unpaired) electrons. The Hall–Kier alpha value is -14.2. The molecular weight excluding hydrogens is 1820 g/mol. The standard InChI is InChI=1S/C28H36N6O4.C27H35N5O4.C26H34N6O4.C26H29N5O2/c1-27(2,29)25(35)31-22(18-37-17-20-10-6-4-7-11-20)24-33-32-23-16-28(14-15-34(23)24,19-38-26(36)30-3)21-12-8-5-9-13-21;1-19-12-13-31(15-19)26(34)36-17-22-11-7-10-21-14-29-24(32(21)22)23(30-25(33)27(2,3)28)18-35-16-20-8-5-4-6-9-20;1-18-12-13-31(14-18)25(34)36-16-20-10-7-11-22-29-30-23(32(20)22)21(28-24(33)26(2,3)27)17-35-15-19-8-5-4-6-9-19;1-18-14-21(20-12-8-5-9-13-20)23-29-30-24(31(23)15-18)22(28-25(32)26(2,3)27)17-33-16-19-10-6-4-7-11-19/h4-13,22H,14-19,29H2,1-3H3,(H,30,36)(H,31,35);4-11,14,19,23H,12-13,15-18,28H2,1-3H3,(H,30,33);4-11,18,21H,12-17,27H2,1-3H3,(H,28,33);4-15,22H,16-17,27H2,1-3H3,(H,28,32)/t22-,28?;19-,23-;18-,21+;22-/m1101/s1. The van der Waals surface area contributed by atoms with E-state index in [-0.39, 0.29) is 82.1 Å². The van der Waals surface area contributed by atoms with E-state index in [9.17, 15) is 33.6 Å². The van der Waals surface area contributed by atoms with E-state index >= 15 is 0 Å². The van der Waals surface area contributed by atoms with Crippen molar-refractivity contribution >= 4 is 58.7 Å². The fraction of sp³-hybridized carbons (Fsp3) is 0.402. The van der Waals surface area contributed by atoms with Crippen LogP contribution in [0.5, 0.6) is 0 Å². The van der Waals surface area contributed by atoms with E-state index in [0.29, 0.717) is 118 Å². The molecule has 10 heterocycles. The lowest BCUT2D eigenvalue weighted by Gasteiger charge is -2.37. The number of amides is 7. The molecule has 6 aromatic carbocycles. The van der Waals surface area contributed by atoms with Crippen LogP contribution in [0.4, 0.5) is 14.4 Å². The topological polar surface area (TPSA) is 463 Å². The molecule has 36 heteroatoms. The van der Waals surface area contributed by atoms with Crippen molar-refractivity contribution in [1.82, 2.24) is 89.7 Å². The molecule has 3 aliphatic rings. The second-order valence-corrected chi connectivity index (χ2v) is 39.0. The number of nitrogens with one attached hydrogen (secondary N) is 5. The predicted octanol–water partition coefficient (Wildman–Crippen LogP) is 12.7. The molecule has 36 nitrogen and oxygen atoms in total. The summed E-state index contributed by atoms with van der Waals surface area (Å²) in [6.45, 7) is 25.6. The second-order valence-electron chi connectivity index (χ2n) is 39.0. The minimum atomic E-state index is -1.09. The summed E-state index contributed by atoms with van der Waals surface area (Å²) in [7, 11) is 1.54. The van der Waals surface area contributed by atoms with Gasteiger partial charge in [0.1, 0.15) is 55.6 Å². The lowest BCUT2D eigenvalue weighted by Crippen LogP contribution is -2.51. The Morgan fingerprint density at radius 2 is 0.846 bits per heavy atom. The first-order valence-corrected chi connectivity index (χ1v) is 48.2. The Balaban J connectivity index is 0.000000160. The van der Waals surface area contributed by atoms with Crippen LogP contribution in [0.1, 0.15) is 187 Å². The van der Waals surface area contributed by atoms with E-state index in [1.807, 2.05) is 239 Å². The molecule has 13 N–H and O–H groups in total. The number of alkyl carbamates (subject to hydrolysis) is 1. The fourth-order valence-electron chi connectivity index (χ4n) is 16.5. The van der Waals surface area contributed by atoms with Crippen molar-refractivity contribution in [3.05, 3.63) is 311 Å². The highest BCUT2D eigenvalue weighted by Crippen LogP contribution is 2.39. The van der Waals surface area contributed by atoms with Gasteiger partial charge in [-0.3, -0.25) is 32.4 Å². The molecule has 1 unspecified atom stereocenters. The monoisotopic (exact) mass is 1950 g/mol. The van der Waals surface area contributed by atoms with E-state index < -0.39 is 57.8 Å². The van der Waals surface area contributed by atoms with Crippen molar-refractivity contribution in [3.63, 3.8) is 0 Å². The van der Waals surface area contributed by atoms with Gasteiger partial charge in [0.25, 0.3) is 0 Å². The quantitative estimate of drug-likeness (QED) is 0.0165. The number of ether oxygens (including phenoxy) is 7. The minimum absolute atomic E-state index is 0.0417. The van der Waals surface area contributed by atoms with E-state index in [4.69, 9.17) is 56.1 Å². The number of aromatic nitrogens is 11. The summed E-state index contributed by atoms with van der Waals surface area (Å²) in [5.74, 6) is 2.69. The molecule has 2 saturated heterocycles. The van der Waals surface area contributed by atoms with Crippen LogP contribution in [0.3, 0.4) is 0 Å². The maximum atomic E-state index is 12.8. The fourth-order valence-corrected chi connectivity index (χ4v) is 16.5. The van der Waals surface area contributed by atoms with Gasteiger partial charge in [0.2, 0.25) is 23.6 Å². The predicted molar refractivity (Wildman–Crippen MR) is 540 cm³/mol. The number of pyridine rings is 3. The van der Waals surface area contributed by atoms with Crippen LogP contribution >= 0.6 is 0 Å². The molecule has 143 heavy (non-hydrogen) atoms. The minimum Gasteiger partial charge on any atom is -0.449 e. The molecule has 0 bridgehead atoms. The number of aryl methyl sites for hydroxylation is 1. The van der Waals surface area contributed by atoms with E-state index in [0.717, 1.165) is 80.0 Å². The van der Waals surface area contributed by atoms with Gasteiger partial charge in [-0.1, -0.05) is 208 Å². The summed E-state index contributed by atoms with van der Waals surface area (Å²) in [6, 6.07) is 70.4. The molecular formula is C107H134N22O14. The van der Waals surface area contributed by atoms with Crippen molar-refractivity contribution in [2.24, 2.45) is 34.8 Å². The average molecular weight is 1950 g/mol. The zero-order chi connectivity index (χ0) is 102. The highest BCUT2D eigenvalue weighted by molar-refractivity contribution is 5.87. The SMILES string of the molecule is CNC(=O)OCC1(c2ccccc2)CCn2c(nnc2[C@@H](COCc2ccccc2)NC(=O)C(C)(C)N)C1.C[C@@H]1CCN(C(=O)OCc2cccc3cnc([C@@H](COCc4ccccc4)NC(=O)C(C)(C)N)n23)C1.C[C@H]1CCN(C(=O)OCc2cccc3nnc([C@@H](COCc4ccccc4)NC(=O)C(C)(C)N)n23)C1.Cc1cc(-c2ccccc2)c2nnc([C@@H](COCc3ccccc3)NC(=O)C(C)(C)N)n2c1. The number of carbonyl (C=O) groups excluding carboxylic acids is 7. The van der Waals surface area contributed by atoms with E-state index in [2.05, 4.69) is 82.1 Å². The number of nitrogens with two attached hydrogens (primary N) is 4. The van der Waals surface area contributed by atoms with Crippen LogP contribution in [0.2, 0.25) is 0 Å². The number of hydrogen-bond donors (Lipinski definition) is 9. The molecule has 2 fully saturated rings. The van der Waals surface area contributed by atoms with Gasteiger partial charge in [-0.2, -0.15) is 0 Å². The number of likely N-dealkylation sites (tertiary alicyclic amines) is 2. The number of rotatable bonds is 36.